The Morgan fingerprint density at radius 2 is 1.33 bits per heavy atom. The Balaban J connectivity index is 1.27. The number of carbonyl (C=O) groups excluding carboxylic acids is 3. The smallest absolute Gasteiger partial charge is 0.335 e. The van der Waals surface area contributed by atoms with Crippen LogP contribution in [-0.2, 0) is 9.59 Å². The van der Waals surface area contributed by atoms with Crippen molar-refractivity contribution >= 4 is 52.9 Å². The molecule has 5 aromatic rings. The van der Waals surface area contributed by atoms with Gasteiger partial charge in [0.1, 0.15) is 5.70 Å². The minimum absolute atomic E-state index is 0.0716. The average molecular weight is 656 g/mol. The van der Waals surface area contributed by atoms with E-state index >= 15 is 0 Å². The Kier molecular flexibility index (Phi) is 10.8. The molecule has 0 fully saturated rings. The molecule has 4 N–H and O–H groups in total. The summed E-state index contributed by atoms with van der Waals surface area (Å²) in [5, 5.41) is 17.2. The summed E-state index contributed by atoms with van der Waals surface area (Å²) in [6, 6.07) is 37.9. The van der Waals surface area contributed by atoms with E-state index in [2.05, 4.69) is 16.0 Å². The van der Waals surface area contributed by atoms with Gasteiger partial charge in [-0.05, 0) is 90.7 Å². The third kappa shape index (κ3) is 8.86. The summed E-state index contributed by atoms with van der Waals surface area (Å²) < 4.78 is 0. The fourth-order valence-electron chi connectivity index (χ4n) is 4.71. The van der Waals surface area contributed by atoms with Crippen LogP contribution in [0.1, 0.15) is 38.8 Å². The van der Waals surface area contributed by atoms with Gasteiger partial charge in [-0.3, -0.25) is 14.4 Å². The van der Waals surface area contributed by atoms with E-state index in [-0.39, 0.29) is 17.2 Å². The van der Waals surface area contributed by atoms with Gasteiger partial charge in [-0.15, -0.1) is 11.8 Å². The van der Waals surface area contributed by atoms with Crippen molar-refractivity contribution in [3.8, 4) is 11.1 Å². The van der Waals surface area contributed by atoms with E-state index in [1.165, 1.54) is 23.9 Å². The quantitative estimate of drug-likeness (QED) is 0.0848. The summed E-state index contributed by atoms with van der Waals surface area (Å²) in [5.74, 6) is -2.26. The first kappa shape index (κ1) is 33.4. The Morgan fingerprint density at radius 3 is 1.98 bits per heavy atom. The maximum Gasteiger partial charge on any atom is 0.335 e. The number of hydrogen-bond donors (Lipinski definition) is 4. The van der Waals surface area contributed by atoms with Gasteiger partial charge in [-0.1, -0.05) is 78.9 Å². The summed E-state index contributed by atoms with van der Waals surface area (Å²) in [4.78, 5) is 51.6. The zero-order chi connectivity index (χ0) is 34.0. The van der Waals surface area contributed by atoms with E-state index in [0.717, 1.165) is 27.1 Å². The molecule has 0 aliphatic heterocycles. The highest BCUT2D eigenvalue weighted by molar-refractivity contribution is 8.00. The van der Waals surface area contributed by atoms with Crippen LogP contribution in [0.4, 0.5) is 11.4 Å². The fourth-order valence-corrected chi connectivity index (χ4v) is 5.58. The molecule has 5 aromatic carbocycles. The molecule has 240 valence electrons. The largest absolute Gasteiger partial charge is 0.478 e. The summed E-state index contributed by atoms with van der Waals surface area (Å²) in [7, 11) is 0. The van der Waals surface area contributed by atoms with Crippen molar-refractivity contribution in [2.75, 3.05) is 10.6 Å². The van der Waals surface area contributed by atoms with Crippen molar-refractivity contribution in [3.63, 3.8) is 0 Å². The molecular weight excluding hydrogens is 623 g/mol. The summed E-state index contributed by atoms with van der Waals surface area (Å²) in [6.07, 6.45) is 1.63. The number of thioether (sulfide) groups is 1. The zero-order valence-electron chi connectivity index (χ0n) is 26.3. The van der Waals surface area contributed by atoms with Gasteiger partial charge in [0.25, 0.3) is 11.8 Å². The normalized spacial score (nSPS) is 11.7. The van der Waals surface area contributed by atoms with Crippen LogP contribution in [0.15, 0.2) is 138 Å². The second-order valence-corrected chi connectivity index (χ2v) is 12.3. The molecule has 0 aliphatic rings. The Hall–Kier alpha value is -5.93. The number of aromatic carboxylic acids is 1. The number of anilines is 2. The third-order valence-corrected chi connectivity index (χ3v) is 8.51. The molecule has 0 bridgehead atoms. The van der Waals surface area contributed by atoms with Gasteiger partial charge >= 0.3 is 5.97 Å². The van der Waals surface area contributed by atoms with Crippen LogP contribution >= 0.6 is 11.8 Å². The van der Waals surface area contributed by atoms with Gasteiger partial charge < -0.3 is 21.1 Å². The molecule has 0 heterocycles. The lowest BCUT2D eigenvalue weighted by atomic mass is 10.0. The van der Waals surface area contributed by atoms with E-state index in [4.69, 9.17) is 0 Å². The molecular formula is C39H33N3O5S. The highest BCUT2D eigenvalue weighted by Gasteiger charge is 2.18. The van der Waals surface area contributed by atoms with Crippen LogP contribution in [-0.4, -0.2) is 34.0 Å². The van der Waals surface area contributed by atoms with Gasteiger partial charge in [0.05, 0.1) is 10.8 Å². The van der Waals surface area contributed by atoms with Gasteiger partial charge in [-0.25, -0.2) is 4.79 Å². The first-order valence-electron chi connectivity index (χ1n) is 15.1. The van der Waals surface area contributed by atoms with Crippen molar-refractivity contribution in [1.82, 2.24) is 5.32 Å². The van der Waals surface area contributed by atoms with E-state index in [1.54, 1.807) is 74.5 Å². The predicted octanol–water partition coefficient (Wildman–Crippen LogP) is 7.89. The number of rotatable bonds is 11. The van der Waals surface area contributed by atoms with Crippen molar-refractivity contribution in [2.45, 2.75) is 24.0 Å². The summed E-state index contributed by atoms with van der Waals surface area (Å²) in [5.41, 5.74) is 5.11. The van der Waals surface area contributed by atoms with Gasteiger partial charge in [0, 0.05) is 21.8 Å². The summed E-state index contributed by atoms with van der Waals surface area (Å²) >= 11 is 1.32. The highest BCUT2D eigenvalue weighted by atomic mass is 32.2. The molecule has 0 aromatic heterocycles. The first-order valence-corrected chi connectivity index (χ1v) is 16.0. The molecule has 48 heavy (non-hydrogen) atoms. The van der Waals surface area contributed by atoms with Crippen molar-refractivity contribution < 1.29 is 24.3 Å². The maximum atomic E-state index is 13.5. The second-order valence-electron chi connectivity index (χ2n) is 10.9. The van der Waals surface area contributed by atoms with Gasteiger partial charge in [0.15, 0.2) is 0 Å². The minimum atomic E-state index is -1.07. The average Bonchev–Trinajstić information content (AvgIpc) is 3.10. The number of aryl methyl sites for hydroxylation is 1. The minimum Gasteiger partial charge on any atom is -0.478 e. The van der Waals surface area contributed by atoms with Crippen LogP contribution in [0.5, 0.6) is 0 Å². The third-order valence-electron chi connectivity index (χ3n) is 7.39. The lowest BCUT2D eigenvalue weighted by Crippen LogP contribution is -2.30. The van der Waals surface area contributed by atoms with E-state index in [0.29, 0.717) is 16.9 Å². The monoisotopic (exact) mass is 655 g/mol. The Bertz CT molecular complexity index is 1960. The lowest BCUT2D eigenvalue weighted by molar-refractivity contribution is -0.115. The predicted molar refractivity (Wildman–Crippen MR) is 191 cm³/mol. The molecule has 5 rings (SSSR count). The zero-order valence-corrected chi connectivity index (χ0v) is 27.1. The fraction of sp³-hybridized carbons (Fsp3) is 0.0769. The van der Waals surface area contributed by atoms with E-state index < -0.39 is 23.0 Å². The molecule has 0 saturated carbocycles. The first-order chi connectivity index (χ1) is 23.2. The lowest BCUT2D eigenvalue weighted by Gasteiger charge is -2.15. The second kappa shape index (κ2) is 15.6. The van der Waals surface area contributed by atoms with Crippen LogP contribution < -0.4 is 16.0 Å². The molecule has 0 aliphatic carbocycles. The standard InChI is InChI=1S/C39H33N3O5S/c1-25-13-16-31(39(46)47)24-34(25)41-36(43)26(2)48-33-21-19-32(20-22-33)40-38(45)35(42-37(44)30-11-7-4-8-12-30)23-27-14-17-29(18-15-27)28-9-5-3-6-10-28/h3-24,26H,1-2H3,(H,40,45)(H,41,43)(H,42,44)(H,46,47)/b35-23-. The van der Waals surface area contributed by atoms with Crippen molar-refractivity contribution in [2.24, 2.45) is 0 Å². The molecule has 3 amide bonds. The number of carboxylic acid groups (broad SMARTS) is 1. The van der Waals surface area contributed by atoms with Crippen LogP contribution in [0.3, 0.4) is 0 Å². The van der Waals surface area contributed by atoms with Crippen molar-refractivity contribution in [1.29, 1.82) is 0 Å². The number of carbonyl (C=O) groups is 4. The Labute approximate surface area is 282 Å². The van der Waals surface area contributed by atoms with Crippen molar-refractivity contribution in [3.05, 3.63) is 155 Å². The molecule has 1 atom stereocenters. The number of amides is 3. The maximum absolute atomic E-state index is 13.5. The number of carboxylic acids is 1. The molecule has 0 spiro atoms. The molecule has 1 unspecified atom stereocenters. The highest BCUT2D eigenvalue weighted by Crippen LogP contribution is 2.27. The van der Waals surface area contributed by atoms with E-state index in [1.807, 2.05) is 60.7 Å². The topological polar surface area (TPSA) is 125 Å². The van der Waals surface area contributed by atoms with E-state index in [9.17, 15) is 24.3 Å². The van der Waals surface area contributed by atoms with Gasteiger partial charge in [0.2, 0.25) is 5.91 Å². The number of benzene rings is 5. The van der Waals surface area contributed by atoms with Gasteiger partial charge in [-0.2, -0.15) is 0 Å². The molecule has 0 radical (unpaired) electrons. The molecule has 8 nitrogen and oxygen atoms in total. The number of hydrogen-bond acceptors (Lipinski definition) is 5. The SMILES string of the molecule is Cc1ccc(C(=O)O)cc1NC(=O)C(C)Sc1ccc(NC(=O)/C(=C/c2ccc(-c3ccccc3)cc2)NC(=O)c2ccccc2)cc1. The van der Waals surface area contributed by atoms with Crippen LogP contribution in [0.25, 0.3) is 17.2 Å². The summed E-state index contributed by atoms with van der Waals surface area (Å²) in [6.45, 7) is 3.55. The Morgan fingerprint density at radius 1 is 0.708 bits per heavy atom. The molecule has 0 saturated heterocycles. The van der Waals surface area contributed by atoms with Crippen LogP contribution in [0.2, 0.25) is 0 Å². The number of nitrogens with one attached hydrogen (secondary N) is 3. The van der Waals surface area contributed by atoms with Crippen LogP contribution in [0, 0.1) is 6.92 Å². The molecule has 9 heteroatoms.